The van der Waals surface area contributed by atoms with E-state index in [1.807, 2.05) is 13.0 Å². The van der Waals surface area contributed by atoms with Crippen LogP contribution in [0.5, 0.6) is 0 Å². The third-order valence-electron chi connectivity index (χ3n) is 1.39. The summed E-state index contributed by atoms with van der Waals surface area (Å²) in [5, 5.41) is 8.83. The lowest BCUT2D eigenvalue weighted by Gasteiger charge is -2.01. The van der Waals surface area contributed by atoms with E-state index in [1.165, 1.54) is 0 Å². The molecule has 1 aromatic rings. The second kappa shape index (κ2) is 3.37. The van der Waals surface area contributed by atoms with Gasteiger partial charge in [0.15, 0.2) is 16.7 Å². The van der Waals surface area contributed by atoms with Crippen molar-refractivity contribution in [2.75, 3.05) is 5.73 Å². The molecule has 4 nitrogen and oxygen atoms in total. The number of hydrogen-bond acceptors (Lipinski definition) is 4. The van der Waals surface area contributed by atoms with Crippen LogP contribution in [0.1, 0.15) is 18.3 Å². The van der Waals surface area contributed by atoms with Crippen molar-refractivity contribution >= 4 is 17.4 Å². The number of halogens is 1. The predicted molar refractivity (Wildman–Crippen MR) is 45.5 cm³/mol. The molecule has 0 aliphatic rings. The molecule has 0 radical (unpaired) electrons. The Kier molecular flexibility index (Phi) is 2.46. The molecule has 0 aliphatic heterocycles. The standard InChI is InChI=1S/C7H7ClN4/c1-2-4-6(8)12-7(10)5(3-9)11-4/h2H2,1H3,(H2,10,12). The van der Waals surface area contributed by atoms with Crippen LogP contribution >= 0.6 is 11.6 Å². The SMILES string of the molecule is CCc1nc(C#N)c(N)nc1Cl. The number of aromatic nitrogens is 2. The molecule has 2 N–H and O–H groups in total. The summed E-state index contributed by atoms with van der Waals surface area (Å²) in [6.45, 7) is 1.88. The van der Waals surface area contributed by atoms with Crippen LogP contribution in [0.2, 0.25) is 5.15 Å². The Morgan fingerprint density at radius 3 is 2.75 bits per heavy atom. The van der Waals surface area contributed by atoms with Crippen molar-refractivity contribution in [2.45, 2.75) is 13.3 Å². The van der Waals surface area contributed by atoms with Crippen LogP contribution in [-0.4, -0.2) is 9.97 Å². The molecule has 0 bridgehead atoms. The normalized spacial score (nSPS) is 9.42. The van der Waals surface area contributed by atoms with Crippen LogP contribution in [0.4, 0.5) is 5.82 Å². The smallest absolute Gasteiger partial charge is 0.183 e. The van der Waals surface area contributed by atoms with Crippen LogP contribution in [0.15, 0.2) is 0 Å². The molecule has 0 saturated carbocycles. The summed E-state index contributed by atoms with van der Waals surface area (Å²) in [6.07, 6.45) is 0.640. The van der Waals surface area contributed by atoms with Crippen molar-refractivity contribution < 1.29 is 0 Å². The topological polar surface area (TPSA) is 75.6 Å². The molecule has 0 saturated heterocycles. The van der Waals surface area contributed by atoms with Gasteiger partial charge >= 0.3 is 0 Å². The van der Waals surface area contributed by atoms with Crippen molar-refractivity contribution in [3.63, 3.8) is 0 Å². The maximum absolute atomic E-state index is 8.55. The van der Waals surface area contributed by atoms with Crippen molar-refractivity contribution in [2.24, 2.45) is 0 Å². The quantitative estimate of drug-likeness (QED) is 0.707. The fraction of sp³-hybridized carbons (Fsp3) is 0.286. The molecule has 0 aliphatic carbocycles. The van der Waals surface area contributed by atoms with E-state index in [4.69, 9.17) is 22.6 Å². The molecule has 0 aromatic carbocycles. The van der Waals surface area contributed by atoms with Gasteiger partial charge in [-0.15, -0.1) is 0 Å². The first-order chi connectivity index (χ1) is 5.69. The largest absolute Gasteiger partial charge is 0.381 e. The van der Waals surface area contributed by atoms with Crippen molar-refractivity contribution in [1.82, 2.24) is 9.97 Å². The third kappa shape index (κ3) is 1.46. The van der Waals surface area contributed by atoms with E-state index in [2.05, 4.69) is 9.97 Å². The minimum Gasteiger partial charge on any atom is -0.381 e. The fourth-order valence-corrected chi connectivity index (χ4v) is 1.04. The van der Waals surface area contributed by atoms with Crippen LogP contribution in [0, 0.1) is 11.3 Å². The van der Waals surface area contributed by atoms with Crippen molar-refractivity contribution in [3.05, 3.63) is 16.5 Å². The highest BCUT2D eigenvalue weighted by molar-refractivity contribution is 6.30. The van der Waals surface area contributed by atoms with E-state index >= 15 is 0 Å². The average molecular weight is 183 g/mol. The van der Waals surface area contributed by atoms with Crippen LogP contribution in [0.3, 0.4) is 0 Å². The maximum atomic E-state index is 8.55. The number of rotatable bonds is 1. The Bertz CT molecular complexity index is 342. The zero-order valence-electron chi connectivity index (χ0n) is 6.50. The van der Waals surface area contributed by atoms with E-state index in [-0.39, 0.29) is 16.7 Å². The molecule has 0 amide bonds. The zero-order valence-corrected chi connectivity index (χ0v) is 7.26. The lowest BCUT2D eigenvalue weighted by molar-refractivity contribution is 0.992. The minimum atomic E-state index is 0.0831. The summed E-state index contributed by atoms with van der Waals surface area (Å²) in [7, 11) is 0. The number of hydrogen-bond donors (Lipinski definition) is 1. The van der Waals surface area contributed by atoms with Gasteiger partial charge < -0.3 is 5.73 Å². The van der Waals surface area contributed by atoms with Gasteiger partial charge in [-0.2, -0.15) is 5.26 Å². The molecular formula is C7H7ClN4. The Hall–Kier alpha value is -1.34. The van der Waals surface area contributed by atoms with Gasteiger partial charge in [-0.25, -0.2) is 9.97 Å². The molecule has 12 heavy (non-hydrogen) atoms. The van der Waals surface area contributed by atoms with Crippen LogP contribution in [-0.2, 0) is 6.42 Å². The first-order valence-corrected chi connectivity index (χ1v) is 3.78. The predicted octanol–water partition coefficient (Wildman–Crippen LogP) is 1.15. The second-order valence-electron chi connectivity index (χ2n) is 2.16. The number of anilines is 1. The van der Waals surface area contributed by atoms with E-state index < -0.39 is 0 Å². The molecule has 62 valence electrons. The zero-order chi connectivity index (χ0) is 9.14. The lowest BCUT2D eigenvalue weighted by Crippen LogP contribution is -2.02. The van der Waals surface area contributed by atoms with Gasteiger partial charge in [0, 0.05) is 0 Å². The number of nitrogens with two attached hydrogens (primary N) is 1. The molecule has 0 unspecified atom stereocenters. The van der Waals surface area contributed by atoms with Gasteiger partial charge in [0.25, 0.3) is 0 Å². The summed E-state index contributed by atoms with van der Waals surface area (Å²) < 4.78 is 0. The van der Waals surface area contributed by atoms with Crippen LogP contribution < -0.4 is 5.73 Å². The highest BCUT2D eigenvalue weighted by Crippen LogP contribution is 2.15. The second-order valence-corrected chi connectivity index (χ2v) is 2.52. The molecular weight excluding hydrogens is 176 g/mol. The highest BCUT2D eigenvalue weighted by atomic mass is 35.5. The first kappa shape index (κ1) is 8.75. The maximum Gasteiger partial charge on any atom is 0.183 e. The van der Waals surface area contributed by atoms with E-state index in [0.717, 1.165) is 0 Å². The molecule has 1 aromatic heterocycles. The van der Waals surface area contributed by atoms with Crippen LogP contribution in [0.25, 0.3) is 0 Å². The number of nitrogen functional groups attached to an aromatic ring is 1. The monoisotopic (exact) mass is 182 g/mol. The van der Waals surface area contributed by atoms with E-state index in [9.17, 15) is 0 Å². The Balaban J connectivity index is 3.30. The molecule has 0 fully saturated rings. The number of nitrogens with zero attached hydrogens (tertiary/aromatic N) is 3. The molecule has 5 heteroatoms. The van der Waals surface area contributed by atoms with Crippen molar-refractivity contribution in [1.29, 1.82) is 5.26 Å². The van der Waals surface area contributed by atoms with Gasteiger partial charge in [0.1, 0.15) is 6.07 Å². The summed E-state index contributed by atoms with van der Waals surface area (Å²) in [5.41, 5.74) is 6.11. The Labute approximate surface area is 75.0 Å². The summed E-state index contributed by atoms with van der Waals surface area (Å²) in [4.78, 5) is 7.70. The van der Waals surface area contributed by atoms with Gasteiger partial charge in [-0.05, 0) is 6.42 Å². The lowest BCUT2D eigenvalue weighted by atomic mass is 10.3. The molecule has 0 atom stereocenters. The average Bonchev–Trinajstić information content (AvgIpc) is 2.05. The van der Waals surface area contributed by atoms with Crippen molar-refractivity contribution in [3.8, 4) is 6.07 Å². The summed E-state index contributed by atoms with van der Waals surface area (Å²) in [5.74, 6) is 0.0831. The molecule has 1 rings (SSSR count). The van der Waals surface area contributed by atoms with Gasteiger partial charge in [0.05, 0.1) is 5.69 Å². The third-order valence-corrected chi connectivity index (χ3v) is 1.69. The summed E-state index contributed by atoms with van der Waals surface area (Å²) in [6, 6.07) is 1.84. The Morgan fingerprint density at radius 1 is 1.58 bits per heavy atom. The number of aryl methyl sites for hydroxylation is 1. The van der Waals surface area contributed by atoms with Gasteiger partial charge in [-0.3, -0.25) is 0 Å². The Morgan fingerprint density at radius 2 is 2.25 bits per heavy atom. The van der Waals surface area contributed by atoms with Gasteiger partial charge in [-0.1, -0.05) is 18.5 Å². The number of nitriles is 1. The highest BCUT2D eigenvalue weighted by Gasteiger charge is 2.07. The molecule has 0 spiro atoms. The van der Waals surface area contributed by atoms with E-state index in [0.29, 0.717) is 12.1 Å². The van der Waals surface area contributed by atoms with Gasteiger partial charge in [0.2, 0.25) is 0 Å². The minimum absolute atomic E-state index is 0.0831. The summed E-state index contributed by atoms with van der Waals surface area (Å²) >= 11 is 5.70. The molecule has 1 heterocycles. The fourth-order valence-electron chi connectivity index (χ4n) is 0.769. The van der Waals surface area contributed by atoms with E-state index in [1.54, 1.807) is 0 Å². The first-order valence-electron chi connectivity index (χ1n) is 3.41.